The number of hydrogen-bond donors (Lipinski definition) is 2. The Kier molecular flexibility index (Phi) is 4.27. The van der Waals surface area contributed by atoms with Crippen molar-refractivity contribution in [3.05, 3.63) is 65.0 Å². The van der Waals surface area contributed by atoms with Gasteiger partial charge in [0.25, 0.3) is 5.91 Å². The maximum atomic E-state index is 12.0. The Morgan fingerprint density at radius 1 is 1.41 bits per heavy atom. The molecule has 0 bridgehead atoms. The molecule has 0 radical (unpaired) electrons. The van der Waals surface area contributed by atoms with Gasteiger partial charge >= 0.3 is 0 Å². The molecule has 2 N–H and O–H groups in total. The zero-order valence-electron chi connectivity index (χ0n) is 11.6. The minimum atomic E-state index is -0.701. The quantitative estimate of drug-likeness (QED) is 0.752. The monoisotopic (exact) mass is 314 g/mol. The molecule has 7 heteroatoms. The Morgan fingerprint density at radius 3 is 2.95 bits per heavy atom. The molecule has 1 atom stereocenters. The van der Waals surface area contributed by atoms with Crippen LogP contribution in [0.1, 0.15) is 22.0 Å². The normalized spacial score (nSPS) is 12.0. The molecule has 0 aromatic carbocycles. The average molecular weight is 314 g/mol. The number of rotatable bonds is 5. The Bertz CT molecular complexity index is 724. The summed E-state index contributed by atoms with van der Waals surface area (Å²) in [4.78, 5) is 20.2. The van der Waals surface area contributed by atoms with Crippen molar-refractivity contribution in [1.29, 1.82) is 0 Å². The van der Waals surface area contributed by atoms with Gasteiger partial charge in [0.05, 0.1) is 11.7 Å². The molecule has 0 aliphatic carbocycles. The SMILES string of the molecule is O=C(NCC(O)c1ccsc1)c1ccc(-n2ccnc2)nc1. The summed E-state index contributed by atoms with van der Waals surface area (Å²) < 4.78 is 1.75. The van der Waals surface area contributed by atoms with E-state index in [4.69, 9.17) is 0 Å². The van der Waals surface area contributed by atoms with Crippen LogP contribution in [0.3, 0.4) is 0 Å². The molecule has 3 heterocycles. The van der Waals surface area contributed by atoms with Gasteiger partial charge in [-0.1, -0.05) is 0 Å². The maximum Gasteiger partial charge on any atom is 0.252 e. The number of aliphatic hydroxyl groups is 1. The van der Waals surface area contributed by atoms with Crippen LogP contribution < -0.4 is 5.32 Å². The van der Waals surface area contributed by atoms with Crippen molar-refractivity contribution in [2.45, 2.75) is 6.10 Å². The van der Waals surface area contributed by atoms with Crippen LogP contribution in [-0.2, 0) is 0 Å². The van der Waals surface area contributed by atoms with E-state index in [0.717, 1.165) is 5.56 Å². The molecule has 3 rings (SSSR count). The van der Waals surface area contributed by atoms with Gasteiger partial charge in [0.1, 0.15) is 12.1 Å². The molecule has 0 saturated heterocycles. The first-order chi connectivity index (χ1) is 10.7. The number of aromatic nitrogens is 3. The third-order valence-corrected chi connectivity index (χ3v) is 3.86. The molecule has 22 heavy (non-hydrogen) atoms. The summed E-state index contributed by atoms with van der Waals surface area (Å²) in [6.45, 7) is 0.166. The van der Waals surface area contributed by atoms with Gasteiger partial charge in [-0.2, -0.15) is 11.3 Å². The molecule has 3 aromatic heterocycles. The number of nitrogens with one attached hydrogen (secondary N) is 1. The lowest BCUT2D eigenvalue weighted by molar-refractivity contribution is 0.0916. The van der Waals surface area contributed by atoms with E-state index in [1.54, 1.807) is 35.4 Å². The third kappa shape index (κ3) is 3.21. The summed E-state index contributed by atoms with van der Waals surface area (Å²) in [6, 6.07) is 5.27. The topological polar surface area (TPSA) is 80.0 Å². The fourth-order valence-corrected chi connectivity index (χ4v) is 2.65. The van der Waals surface area contributed by atoms with Gasteiger partial charge in [-0.15, -0.1) is 0 Å². The molecule has 1 unspecified atom stereocenters. The number of amides is 1. The second kappa shape index (κ2) is 6.50. The molecule has 0 spiro atoms. The van der Waals surface area contributed by atoms with E-state index < -0.39 is 6.10 Å². The fourth-order valence-electron chi connectivity index (χ4n) is 1.94. The van der Waals surface area contributed by atoms with Gasteiger partial charge in [0.2, 0.25) is 0 Å². The summed E-state index contributed by atoms with van der Waals surface area (Å²) in [5.41, 5.74) is 1.25. The van der Waals surface area contributed by atoms with Crippen molar-refractivity contribution in [1.82, 2.24) is 19.9 Å². The molecule has 0 aliphatic rings. The summed E-state index contributed by atoms with van der Waals surface area (Å²) in [6.07, 6.45) is 5.88. The molecular formula is C15H14N4O2S. The van der Waals surface area contributed by atoms with Crippen LogP contribution in [0.4, 0.5) is 0 Å². The summed E-state index contributed by atoms with van der Waals surface area (Å²) in [5.74, 6) is 0.423. The van der Waals surface area contributed by atoms with Crippen molar-refractivity contribution < 1.29 is 9.90 Å². The van der Waals surface area contributed by atoms with Crippen LogP contribution in [0.2, 0.25) is 0 Å². The van der Waals surface area contributed by atoms with Crippen LogP contribution in [0.25, 0.3) is 5.82 Å². The molecule has 3 aromatic rings. The first-order valence-electron chi connectivity index (χ1n) is 6.67. The molecule has 6 nitrogen and oxygen atoms in total. The highest BCUT2D eigenvalue weighted by Crippen LogP contribution is 2.15. The minimum absolute atomic E-state index is 0.166. The van der Waals surface area contributed by atoms with Crippen molar-refractivity contribution in [2.75, 3.05) is 6.54 Å². The number of nitrogens with zero attached hydrogens (tertiary/aromatic N) is 3. The van der Waals surface area contributed by atoms with Crippen LogP contribution in [0.15, 0.2) is 53.9 Å². The van der Waals surface area contributed by atoms with E-state index in [1.165, 1.54) is 17.5 Å². The lowest BCUT2D eigenvalue weighted by Gasteiger charge is -2.10. The van der Waals surface area contributed by atoms with Crippen molar-refractivity contribution in [2.24, 2.45) is 0 Å². The van der Waals surface area contributed by atoms with Gasteiger partial charge in [0.15, 0.2) is 0 Å². The van der Waals surface area contributed by atoms with Crippen LogP contribution in [0, 0.1) is 0 Å². The third-order valence-electron chi connectivity index (χ3n) is 3.16. The zero-order chi connectivity index (χ0) is 15.4. The molecule has 0 fully saturated rings. The molecular weight excluding hydrogens is 300 g/mol. The van der Waals surface area contributed by atoms with E-state index >= 15 is 0 Å². The predicted molar refractivity (Wildman–Crippen MR) is 83.0 cm³/mol. The van der Waals surface area contributed by atoms with Gasteiger partial charge in [-0.25, -0.2) is 9.97 Å². The van der Waals surface area contributed by atoms with Gasteiger partial charge in [0, 0.05) is 25.1 Å². The number of hydrogen-bond acceptors (Lipinski definition) is 5. The van der Waals surface area contributed by atoms with E-state index in [9.17, 15) is 9.90 Å². The number of carbonyl (C=O) groups is 1. The van der Waals surface area contributed by atoms with Gasteiger partial charge in [-0.3, -0.25) is 9.36 Å². The highest BCUT2D eigenvalue weighted by molar-refractivity contribution is 7.07. The second-order valence-corrected chi connectivity index (χ2v) is 5.44. The number of carbonyl (C=O) groups excluding carboxylic acids is 1. The van der Waals surface area contributed by atoms with Crippen LogP contribution in [-0.4, -0.2) is 32.1 Å². The van der Waals surface area contributed by atoms with E-state index in [0.29, 0.717) is 11.4 Å². The standard InChI is InChI=1S/C15H14N4O2S/c20-13(12-3-6-22-9-12)8-18-15(21)11-1-2-14(17-7-11)19-5-4-16-10-19/h1-7,9-10,13,20H,8H2,(H,18,21). The fraction of sp³-hybridized carbons (Fsp3) is 0.133. The lowest BCUT2D eigenvalue weighted by atomic mass is 10.2. The Hall–Kier alpha value is -2.51. The number of aliphatic hydroxyl groups excluding tert-OH is 1. The van der Waals surface area contributed by atoms with Gasteiger partial charge < -0.3 is 10.4 Å². The minimum Gasteiger partial charge on any atom is -0.387 e. The molecule has 0 saturated carbocycles. The predicted octanol–water partition coefficient (Wildman–Crippen LogP) is 1.79. The van der Waals surface area contributed by atoms with E-state index in [-0.39, 0.29) is 12.5 Å². The summed E-state index contributed by atoms with van der Waals surface area (Å²) in [7, 11) is 0. The first kappa shape index (κ1) is 14.4. The first-order valence-corrected chi connectivity index (χ1v) is 7.61. The largest absolute Gasteiger partial charge is 0.387 e. The molecule has 1 amide bonds. The highest BCUT2D eigenvalue weighted by atomic mass is 32.1. The Labute approximate surface area is 131 Å². The lowest BCUT2D eigenvalue weighted by Crippen LogP contribution is -2.28. The highest BCUT2D eigenvalue weighted by Gasteiger charge is 2.11. The number of imidazole rings is 1. The van der Waals surface area contributed by atoms with Gasteiger partial charge in [-0.05, 0) is 34.5 Å². The Balaban J connectivity index is 1.60. The van der Waals surface area contributed by atoms with E-state index in [2.05, 4.69) is 15.3 Å². The van der Waals surface area contributed by atoms with Crippen molar-refractivity contribution in [3.63, 3.8) is 0 Å². The maximum absolute atomic E-state index is 12.0. The number of thiophene rings is 1. The van der Waals surface area contributed by atoms with Crippen molar-refractivity contribution >= 4 is 17.2 Å². The average Bonchev–Trinajstić information content (AvgIpc) is 3.25. The second-order valence-electron chi connectivity index (χ2n) is 4.66. The van der Waals surface area contributed by atoms with E-state index in [1.807, 2.05) is 16.8 Å². The number of pyridine rings is 1. The smallest absolute Gasteiger partial charge is 0.252 e. The summed E-state index contributed by atoms with van der Waals surface area (Å²) >= 11 is 1.51. The van der Waals surface area contributed by atoms with Crippen LogP contribution in [0.5, 0.6) is 0 Å². The van der Waals surface area contributed by atoms with Crippen molar-refractivity contribution in [3.8, 4) is 5.82 Å². The Morgan fingerprint density at radius 2 is 2.32 bits per heavy atom. The molecule has 0 aliphatic heterocycles. The molecule has 112 valence electrons. The summed E-state index contributed by atoms with van der Waals surface area (Å²) in [5, 5.41) is 16.4. The van der Waals surface area contributed by atoms with Crippen LogP contribution >= 0.6 is 11.3 Å². The zero-order valence-corrected chi connectivity index (χ0v) is 12.4.